The summed E-state index contributed by atoms with van der Waals surface area (Å²) in [6.45, 7) is 12.7. The molecule has 0 radical (unpaired) electrons. The zero-order valence-corrected chi connectivity index (χ0v) is 19.1. The topological polar surface area (TPSA) is 45.2 Å². The number of benzene rings is 2. The first kappa shape index (κ1) is 21.8. The lowest BCUT2D eigenvalue weighted by Crippen LogP contribution is -2.26. The molecule has 1 aromatic heterocycles. The average Bonchev–Trinajstić information content (AvgIpc) is 2.73. The molecule has 30 heavy (non-hydrogen) atoms. The van der Waals surface area contributed by atoms with Gasteiger partial charge >= 0.3 is 0 Å². The van der Waals surface area contributed by atoms with Crippen molar-refractivity contribution in [3.63, 3.8) is 0 Å². The van der Waals surface area contributed by atoms with Crippen molar-refractivity contribution in [2.24, 2.45) is 0 Å². The van der Waals surface area contributed by atoms with Gasteiger partial charge in [0.2, 0.25) is 0 Å². The lowest BCUT2D eigenvalue weighted by atomic mass is 9.91. The molecule has 0 aliphatic rings. The van der Waals surface area contributed by atoms with Crippen LogP contribution in [0.15, 0.2) is 36.4 Å². The van der Waals surface area contributed by atoms with Crippen LogP contribution in [0.4, 0.5) is 5.69 Å². The van der Waals surface area contributed by atoms with Gasteiger partial charge in [-0.05, 0) is 50.8 Å². The first-order valence-corrected chi connectivity index (χ1v) is 10.9. The maximum Gasteiger partial charge on any atom is 0.251 e. The summed E-state index contributed by atoms with van der Waals surface area (Å²) in [5, 5.41) is 5.12. The third kappa shape index (κ3) is 3.91. The van der Waals surface area contributed by atoms with Gasteiger partial charge in [-0.1, -0.05) is 44.2 Å². The number of hydrogen-bond acceptors (Lipinski definition) is 3. The van der Waals surface area contributed by atoms with Gasteiger partial charge in [0.25, 0.3) is 5.91 Å². The first-order valence-electron chi connectivity index (χ1n) is 10.9. The summed E-state index contributed by atoms with van der Waals surface area (Å²) in [7, 11) is 1.67. The molecule has 2 aromatic carbocycles. The number of aromatic nitrogens is 1. The molecule has 0 atom stereocenters. The van der Waals surface area contributed by atoms with E-state index >= 15 is 0 Å². The van der Waals surface area contributed by atoms with Gasteiger partial charge in [0.15, 0.2) is 0 Å². The number of amides is 1. The van der Waals surface area contributed by atoms with Gasteiger partial charge in [-0.2, -0.15) is 0 Å². The largest absolute Gasteiger partial charge is 0.370 e. The number of rotatable bonds is 7. The van der Waals surface area contributed by atoms with Crippen LogP contribution in [0, 0.1) is 20.8 Å². The van der Waals surface area contributed by atoms with Crippen LogP contribution in [-0.4, -0.2) is 31.0 Å². The zero-order valence-electron chi connectivity index (χ0n) is 19.1. The van der Waals surface area contributed by atoms with Crippen LogP contribution < -0.4 is 10.2 Å². The summed E-state index contributed by atoms with van der Waals surface area (Å²) in [4.78, 5) is 20.0. The van der Waals surface area contributed by atoms with E-state index in [2.05, 4.69) is 62.2 Å². The number of carbonyl (C=O) groups is 1. The monoisotopic (exact) mass is 403 g/mol. The normalized spacial score (nSPS) is 11.0. The Kier molecular flexibility index (Phi) is 6.76. The summed E-state index contributed by atoms with van der Waals surface area (Å²) >= 11 is 0. The van der Waals surface area contributed by atoms with Crippen LogP contribution >= 0.6 is 0 Å². The molecule has 0 saturated carbocycles. The minimum absolute atomic E-state index is 0.0662. The van der Waals surface area contributed by atoms with Crippen molar-refractivity contribution in [3.8, 4) is 11.3 Å². The van der Waals surface area contributed by atoms with E-state index in [9.17, 15) is 4.79 Å². The fourth-order valence-electron chi connectivity index (χ4n) is 4.43. The zero-order chi connectivity index (χ0) is 21.8. The molecule has 3 rings (SSSR count). The van der Waals surface area contributed by atoms with E-state index in [1.807, 2.05) is 19.1 Å². The second-order valence-electron chi connectivity index (χ2n) is 7.94. The number of aryl methyl sites for hydroxylation is 2. The molecule has 4 nitrogen and oxygen atoms in total. The second kappa shape index (κ2) is 9.29. The number of fused-ring (bicyclic) bond motifs is 1. The van der Waals surface area contributed by atoms with Crippen LogP contribution in [0.2, 0.25) is 0 Å². The van der Waals surface area contributed by atoms with Gasteiger partial charge in [0, 0.05) is 42.0 Å². The molecular weight excluding hydrogens is 370 g/mol. The Hall–Kier alpha value is -2.88. The molecule has 0 saturated heterocycles. The molecule has 1 heterocycles. The third-order valence-electron chi connectivity index (χ3n) is 5.74. The van der Waals surface area contributed by atoms with Crippen molar-refractivity contribution in [1.82, 2.24) is 10.3 Å². The molecule has 4 heteroatoms. The van der Waals surface area contributed by atoms with Gasteiger partial charge < -0.3 is 10.2 Å². The van der Waals surface area contributed by atoms with E-state index in [1.165, 1.54) is 11.1 Å². The van der Waals surface area contributed by atoms with Crippen molar-refractivity contribution in [1.29, 1.82) is 0 Å². The maximum atomic E-state index is 12.4. The second-order valence-corrected chi connectivity index (χ2v) is 7.94. The van der Waals surface area contributed by atoms with Crippen molar-refractivity contribution >= 4 is 22.4 Å². The average molecular weight is 404 g/mol. The van der Waals surface area contributed by atoms with Gasteiger partial charge in [0.1, 0.15) is 0 Å². The van der Waals surface area contributed by atoms with E-state index in [0.29, 0.717) is 5.56 Å². The number of nitrogens with zero attached hydrogens (tertiary/aromatic N) is 2. The van der Waals surface area contributed by atoms with Gasteiger partial charge in [-0.25, -0.2) is 0 Å². The van der Waals surface area contributed by atoms with Crippen LogP contribution in [0.1, 0.15) is 53.9 Å². The molecule has 0 fully saturated rings. The van der Waals surface area contributed by atoms with Crippen LogP contribution in [0.25, 0.3) is 22.0 Å². The van der Waals surface area contributed by atoms with Crippen molar-refractivity contribution in [3.05, 3.63) is 58.8 Å². The first-order chi connectivity index (χ1) is 14.4. The summed E-state index contributed by atoms with van der Waals surface area (Å²) in [6, 6.07) is 12.5. The summed E-state index contributed by atoms with van der Waals surface area (Å²) in [5.74, 6) is -0.0662. The van der Waals surface area contributed by atoms with E-state index in [-0.39, 0.29) is 5.91 Å². The number of carbonyl (C=O) groups excluding carboxylic acids is 1. The van der Waals surface area contributed by atoms with Crippen LogP contribution in [0.3, 0.4) is 0 Å². The summed E-state index contributed by atoms with van der Waals surface area (Å²) in [5.41, 5.74) is 7.08. The Labute approximate surface area is 180 Å². The lowest BCUT2D eigenvalue weighted by Gasteiger charge is -2.28. The maximum absolute atomic E-state index is 12.4. The molecule has 1 amide bonds. The highest BCUT2D eigenvalue weighted by molar-refractivity contribution is 6.05. The highest BCUT2D eigenvalue weighted by Gasteiger charge is 2.21. The third-order valence-corrected chi connectivity index (χ3v) is 5.74. The number of anilines is 1. The quantitative estimate of drug-likeness (QED) is 0.541. The SMILES string of the molecule is CCCN(CCC)c1c(C)nc(-c2c(C)ccc(C(=O)NC)c2C)c2ccccc12. The lowest BCUT2D eigenvalue weighted by molar-refractivity contribution is 0.0962. The minimum atomic E-state index is -0.0662. The predicted molar refractivity (Wildman–Crippen MR) is 128 cm³/mol. The van der Waals surface area contributed by atoms with Crippen LogP contribution in [-0.2, 0) is 0 Å². The van der Waals surface area contributed by atoms with Crippen molar-refractivity contribution in [2.75, 3.05) is 25.0 Å². The molecule has 0 spiro atoms. The molecule has 3 aromatic rings. The van der Waals surface area contributed by atoms with Gasteiger partial charge in [-0.15, -0.1) is 0 Å². The smallest absolute Gasteiger partial charge is 0.251 e. The number of nitrogens with one attached hydrogen (secondary N) is 1. The Balaban J connectivity index is 2.33. The number of hydrogen-bond donors (Lipinski definition) is 1. The summed E-state index contributed by atoms with van der Waals surface area (Å²) < 4.78 is 0. The fourth-order valence-corrected chi connectivity index (χ4v) is 4.43. The molecule has 158 valence electrons. The Morgan fingerprint density at radius 2 is 1.60 bits per heavy atom. The van der Waals surface area contributed by atoms with Crippen molar-refractivity contribution < 1.29 is 4.79 Å². The molecule has 0 bridgehead atoms. The Morgan fingerprint density at radius 1 is 0.967 bits per heavy atom. The van der Waals surface area contributed by atoms with Gasteiger partial charge in [-0.3, -0.25) is 9.78 Å². The van der Waals surface area contributed by atoms with E-state index < -0.39 is 0 Å². The molecule has 1 N–H and O–H groups in total. The van der Waals surface area contributed by atoms with E-state index in [1.54, 1.807) is 7.05 Å². The Bertz CT molecular complexity index is 1070. The minimum Gasteiger partial charge on any atom is -0.370 e. The Morgan fingerprint density at radius 3 is 2.20 bits per heavy atom. The van der Waals surface area contributed by atoms with Crippen LogP contribution in [0.5, 0.6) is 0 Å². The molecular formula is C26H33N3O. The molecule has 0 unspecified atom stereocenters. The van der Waals surface area contributed by atoms with E-state index in [0.717, 1.165) is 59.4 Å². The predicted octanol–water partition coefficient (Wildman–Crippen LogP) is 5.81. The number of pyridine rings is 1. The summed E-state index contributed by atoms with van der Waals surface area (Å²) in [6.07, 6.45) is 2.20. The van der Waals surface area contributed by atoms with Crippen molar-refractivity contribution in [2.45, 2.75) is 47.5 Å². The highest BCUT2D eigenvalue weighted by Crippen LogP contribution is 2.38. The molecule has 0 aliphatic heterocycles. The fraction of sp³-hybridized carbons (Fsp3) is 0.385. The highest BCUT2D eigenvalue weighted by atomic mass is 16.1. The molecule has 0 aliphatic carbocycles. The van der Waals surface area contributed by atoms with E-state index in [4.69, 9.17) is 4.98 Å². The van der Waals surface area contributed by atoms with Gasteiger partial charge in [0.05, 0.1) is 17.1 Å². The standard InChI is InChI=1S/C26H33N3O/c1-7-15-29(16-8-2)25-19(5)28-24(21-11-9-10-12-22(21)25)23-17(3)13-14-20(18(23)4)26(30)27-6/h9-14H,7-8,15-16H2,1-6H3,(H,27,30).